The highest BCUT2D eigenvalue weighted by molar-refractivity contribution is 6.30. The minimum atomic E-state index is -4.64. The second-order valence-electron chi connectivity index (χ2n) is 10.6. The Bertz CT molecular complexity index is 1220. The molecule has 0 atom stereocenters. The van der Waals surface area contributed by atoms with Gasteiger partial charge in [0.1, 0.15) is 5.69 Å². The molecule has 36 heavy (non-hydrogen) atoms. The van der Waals surface area contributed by atoms with Gasteiger partial charge in [-0.3, -0.25) is 0 Å². The zero-order chi connectivity index (χ0) is 26.3. The van der Waals surface area contributed by atoms with Crippen molar-refractivity contribution in [1.29, 1.82) is 0 Å². The second kappa shape index (κ2) is 9.85. The number of rotatable bonds is 6. The topological polar surface area (TPSA) is 34.5 Å². The number of benzene rings is 2. The summed E-state index contributed by atoms with van der Waals surface area (Å²) < 4.78 is 51.1. The number of hydrogen-bond donors (Lipinski definition) is 0. The zero-order valence-electron chi connectivity index (χ0n) is 20.8. The summed E-state index contributed by atoms with van der Waals surface area (Å²) in [5, 5.41) is 0.468. The lowest BCUT2D eigenvalue weighted by molar-refractivity contribution is -0.144. The van der Waals surface area contributed by atoms with Crippen molar-refractivity contribution in [2.24, 2.45) is 5.41 Å². The minimum Gasteiger partial charge on any atom is -0.392 e. The largest absolute Gasteiger partial charge is 0.431 e. The quantitative estimate of drug-likeness (QED) is 0.329. The number of halogens is 4. The van der Waals surface area contributed by atoms with Gasteiger partial charge in [-0.05, 0) is 53.0 Å². The third-order valence-electron chi connectivity index (χ3n) is 6.03. The molecule has 2 aromatic carbocycles. The van der Waals surface area contributed by atoms with Gasteiger partial charge in [0.2, 0.25) is 5.88 Å². The molecule has 3 aromatic rings. The molecule has 0 unspecified atom stereocenters. The molecule has 0 saturated heterocycles. The maximum Gasteiger partial charge on any atom is 0.431 e. The lowest BCUT2D eigenvalue weighted by atomic mass is 9.96. The maximum absolute atomic E-state index is 14.7. The van der Waals surface area contributed by atoms with Crippen LogP contribution in [-0.2, 0) is 12.7 Å². The minimum absolute atomic E-state index is 0.0887. The summed E-state index contributed by atoms with van der Waals surface area (Å²) in [4.78, 5) is 14.6. The van der Waals surface area contributed by atoms with Gasteiger partial charge in [0.15, 0.2) is 0 Å². The smallest absolute Gasteiger partial charge is 0.392 e. The molecule has 1 amide bonds. The van der Waals surface area contributed by atoms with E-state index in [1.165, 1.54) is 4.90 Å². The van der Waals surface area contributed by atoms with Crippen LogP contribution in [0, 0.1) is 5.41 Å². The van der Waals surface area contributed by atoms with Crippen molar-refractivity contribution < 1.29 is 22.7 Å². The Morgan fingerprint density at radius 2 is 1.67 bits per heavy atom. The van der Waals surface area contributed by atoms with E-state index in [-0.39, 0.29) is 29.3 Å². The first-order valence-corrected chi connectivity index (χ1v) is 12.3. The van der Waals surface area contributed by atoms with Crippen molar-refractivity contribution in [3.05, 3.63) is 76.4 Å². The molecule has 1 aromatic heterocycles. The Kier molecular flexibility index (Phi) is 7.15. The van der Waals surface area contributed by atoms with E-state index >= 15 is 0 Å². The summed E-state index contributed by atoms with van der Waals surface area (Å²) in [7, 11) is 1.59. The van der Waals surface area contributed by atoms with Gasteiger partial charge in [0.05, 0.1) is 6.54 Å². The average molecular weight is 519 g/mol. The van der Waals surface area contributed by atoms with E-state index < -0.39 is 18.0 Å². The third kappa shape index (κ3) is 5.89. The van der Waals surface area contributed by atoms with Crippen LogP contribution in [0.4, 0.5) is 18.0 Å². The summed E-state index contributed by atoms with van der Waals surface area (Å²) >= 11 is 6.08. The molecule has 0 aliphatic heterocycles. The van der Waals surface area contributed by atoms with E-state index in [1.54, 1.807) is 61.6 Å². The van der Waals surface area contributed by atoms with Crippen LogP contribution in [0.1, 0.15) is 56.4 Å². The van der Waals surface area contributed by atoms with E-state index in [4.69, 9.17) is 16.3 Å². The fraction of sp³-hybridized carbons (Fsp3) is 0.393. The van der Waals surface area contributed by atoms with Gasteiger partial charge >= 0.3 is 12.3 Å². The third-order valence-corrected chi connectivity index (χ3v) is 6.28. The number of amides is 1. The summed E-state index contributed by atoms with van der Waals surface area (Å²) in [6.45, 7) is 6.21. The van der Waals surface area contributed by atoms with Crippen molar-refractivity contribution in [2.45, 2.75) is 52.3 Å². The summed E-state index contributed by atoms with van der Waals surface area (Å²) in [6, 6.07) is 15.5. The van der Waals surface area contributed by atoms with Crippen LogP contribution in [0.15, 0.2) is 54.6 Å². The Morgan fingerprint density at radius 1 is 1.06 bits per heavy atom. The first kappa shape index (κ1) is 26.1. The molecule has 8 heteroatoms. The van der Waals surface area contributed by atoms with Crippen molar-refractivity contribution in [3.8, 4) is 17.0 Å². The van der Waals surface area contributed by atoms with Gasteiger partial charge in [-0.2, -0.15) is 13.2 Å². The Hall–Kier alpha value is -2.93. The predicted molar refractivity (Wildman–Crippen MR) is 136 cm³/mol. The fourth-order valence-corrected chi connectivity index (χ4v) is 4.67. The van der Waals surface area contributed by atoms with Crippen molar-refractivity contribution in [3.63, 3.8) is 0 Å². The zero-order valence-corrected chi connectivity index (χ0v) is 21.6. The summed E-state index contributed by atoms with van der Waals surface area (Å²) in [5.74, 6) is -0.352. The van der Waals surface area contributed by atoms with Crippen LogP contribution in [0.25, 0.3) is 11.1 Å². The van der Waals surface area contributed by atoms with Gasteiger partial charge in [0.25, 0.3) is 0 Å². The molecule has 1 aliphatic carbocycles. The van der Waals surface area contributed by atoms with E-state index in [9.17, 15) is 18.0 Å². The van der Waals surface area contributed by atoms with Gasteiger partial charge in [0, 0.05) is 24.2 Å². The number of ether oxygens (including phenoxy) is 1. The summed E-state index contributed by atoms with van der Waals surface area (Å²) in [5.41, 5.74) is 0.704. The number of nitrogens with zero attached hydrogens (tertiary/aromatic N) is 2. The molecule has 1 saturated carbocycles. The number of aromatic nitrogens is 1. The Labute approximate surface area is 214 Å². The molecule has 0 bridgehead atoms. The maximum atomic E-state index is 14.7. The monoisotopic (exact) mass is 518 g/mol. The standard InChI is InChI=1S/C28H30ClF3N2O2/c1-27(2,3)17-33(4)26(35)36-25-23(20-12-14-21(29)15-13-20)22(19-10-11-19)24(28(30,31)32)34(25)16-18-8-6-5-7-9-18/h5-9,12-15,19H,10-11,16-17H2,1-4H3. The molecule has 1 aliphatic rings. The first-order valence-electron chi connectivity index (χ1n) is 11.9. The van der Waals surface area contributed by atoms with E-state index in [0.29, 0.717) is 41.1 Å². The van der Waals surface area contributed by atoms with E-state index in [2.05, 4.69) is 0 Å². The SMILES string of the molecule is CN(CC(C)(C)C)C(=O)Oc1c(-c2ccc(Cl)cc2)c(C2CC2)c(C(F)(F)F)n1Cc1ccccc1. The predicted octanol–water partition coefficient (Wildman–Crippen LogP) is 8.23. The van der Waals surface area contributed by atoms with Crippen LogP contribution in [0.2, 0.25) is 5.02 Å². The number of alkyl halides is 3. The molecule has 4 rings (SSSR count). The van der Waals surface area contributed by atoms with E-state index in [0.717, 1.165) is 4.57 Å². The highest BCUT2D eigenvalue weighted by Crippen LogP contribution is 2.54. The highest BCUT2D eigenvalue weighted by Gasteiger charge is 2.46. The lowest BCUT2D eigenvalue weighted by Gasteiger charge is -2.26. The average Bonchev–Trinajstić information content (AvgIpc) is 3.57. The molecular formula is C28H30ClF3N2O2. The molecule has 0 radical (unpaired) electrons. The van der Waals surface area contributed by atoms with Crippen LogP contribution in [0.3, 0.4) is 0 Å². The second-order valence-corrected chi connectivity index (χ2v) is 11.0. The fourth-order valence-electron chi connectivity index (χ4n) is 4.55. The number of carbonyl (C=O) groups excluding carboxylic acids is 1. The number of hydrogen-bond acceptors (Lipinski definition) is 2. The Balaban J connectivity index is 1.94. The molecule has 1 heterocycles. The molecule has 0 N–H and O–H groups in total. The van der Waals surface area contributed by atoms with Crippen molar-refractivity contribution >= 4 is 17.7 Å². The van der Waals surface area contributed by atoms with Crippen molar-refractivity contribution in [2.75, 3.05) is 13.6 Å². The Morgan fingerprint density at radius 3 is 2.19 bits per heavy atom. The van der Waals surface area contributed by atoms with Gasteiger partial charge in [-0.1, -0.05) is 74.8 Å². The van der Waals surface area contributed by atoms with Crippen LogP contribution in [0.5, 0.6) is 5.88 Å². The molecule has 1 fully saturated rings. The van der Waals surface area contributed by atoms with Crippen LogP contribution in [-0.4, -0.2) is 29.2 Å². The molecule has 192 valence electrons. The molecule has 4 nitrogen and oxygen atoms in total. The lowest BCUT2D eigenvalue weighted by Crippen LogP contribution is -2.36. The molecular weight excluding hydrogens is 489 g/mol. The summed E-state index contributed by atoms with van der Waals surface area (Å²) in [6.07, 6.45) is -4.05. The van der Waals surface area contributed by atoms with Crippen LogP contribution < -0.4 is 4.74 Å². The highest BCUT2D eigenvalue weighted by atomic mass is 35.5. The normalized spacial score (nSPS) is 14.1. The van der Waals surface area contributed by atoms with Gasteiger partial charge in [-0.25, -0.2) is 4.79 Å². The van der Waals surface area contributed by atoms with Gasteiger partial charge in [-0.15, -0.1) is 0 Å². The number of carbonyl (C=O) groups is 1. The van der Waals surface area contributed by atoms with E-state index in [1.807, 2.05) is 20.8 Å². The van der Waals surface area contributed by atoms with Gasteiger partial charge < -0.3 is 14.2 Å². The van der Waals surface area contributed by atoms with Crippen molar-refractivity contribution in [1.82, 2.24) is 9.47 Å². The first-order chi connectivity index (χ1) is 16.8. The van der Waals surface area contributed by atoms with Crippen LogP contribution >= 0.6 is 11.6 Å². The molecule has 0 spiro atoms.